The second-order valence-corrected chi connectivity index (χ2v) is 11.7. The lowest BCUT2D eigenvalue weighted by atomic mass is 9.86. The van der Waals surface area contributed by atoms with Crippen molar-refractivity contribution < 1.29 is 19.2 Å². The second-order valence-electron chi connectivity index (χ2n) is 11.7. The van der Waals surface area contributed by atoms with E-state index >= 15 is 0 Å². The molecule has 2 heterocycles. The van der Waals surface area contributed by atoms with Crippen molar-refractivity contribution in [2.45, 2.75) is 71.0 Å². The molecule has 2 aromatic rings. The van der Waals surface area contributed by atoms with Crippen molar-refractivity contribution in [2.75, 3.05) is 18.4 Å². The minimum absolute atomic E-state index is 0.0306. The molecule has 8 nitrogen and oxygen atoms in total. The molecule has 0 bridgehead atoms. The Bertz CT molecular complexity index is 1190. The third kappa shape index (κ3) is 5.90. The summed E-state index contributed by atoms with van der Waals surface area (Å²) in [6.07, 6.45) is 0.964. The van der Waals surface area contributed by atoms with Gasteiger partial charge in [0.2, 0.25) is 5.91 Å². The molecule has 8 heteroatoms. The average molecular weight is 519 g/mol. The molecule has 4 rings (SSSR count). The molecule has 2 aliphatic rings. The van der Waals surface area contributed by atoms with Crippen molar-refractivity contribution in [2.24, 2.45) is 5.92 Å². The normalized spacial score (nSPS) is 19.9. The van der Waals surface area contributed by atoms with Gasteiger partial charge in [-0.2, -0.15) is 0 Å². The molecular formula is C30H38N4O4. The summed E-state index contributed by atoms with van der Waals surface area (Å²) >= 11 is 0. The first kappa shape index (κ1) is 27.4. The van der Waals surface area contributed by atoms with Gasteiger partial charge in [-0.25, -0.2) is 4.79 Å². The van der Waals surface area contributed by atoms with E-state index in [4.69, 9.17) is 0 Å². The zero-order valence-electron chi connectivity index (χ0n) is 22.9. The summed E-state index contributed by atoms with van der Waals surface area (Å²) in [5.41, 5.74) is 2.22. The molecule has 2 N–H and O–H groups in total. The highest BCUT2D eigenvalue weighted by molar-refractivity contribution is 6.02. The van der Waals surface area contributed by atoms with Crippen LogP contribution in [0.3, 0.4) is 0 Å². The quantitative estimate of drug-likeness (QED) is 0.598. The number of urea groups is 1. The third-order valence-corrected chi connectivity index (χ3v) is 7.32. The first-order valence-corrected chi connectivity index (χ1v) is 13.3. The van der Waals surface area contributed by atoms with E-state index in [9.17, 15) is 19.2 Å². The Morgan fingerprint density at radius 3 is 2.24 bits per heavy atom. The minimum Gasteiger partial charge on any atom is -0.340 e. The van der Waals surface area contributed by atoms with Crippen LogP contribution in [-0.2, 0) is 15.0 Å². The van der Waals surface area contributed by atoms with Gasteiger partial charge in [-0.3, -0.25) is 14.4 Å². The number of Topliss-reactive ketones (excluding diaryl/α,β-unsaturated/α-hetero) is 1. The largest absolute Gasteiger partial charge is 0.340 e. The number of fused-ring (bicyclic) bond motifs is 1. The highest BCUT2D eigenvalue weighted by Crippen LogP contribution is 2.31. The Morgan fingerprint density at radius 2 is 1.63 bits per heavy atom. The summed E-state index contributed by atoms with van der Waals surface area (Å²) in [6, 6.07) is 14.3. The number of hydrogen-bond acceptors (Lipinski definition) is 4. The van der Waals surface area contributed by atoms with E-state index in [1.807, 2.05) is 44.2 Å². The van der Waals surface area contributed by atoms with Gasteiger partial charge in [0, 0.05) is 17.8 Å². The molecular weight excluding hydrogens is 480 g/mol. The zero-order chi connectivity index (χ0) is 27.6. The van der Waals surface area contributed by atoms with Gasteiger partial charge < -0.3 is 20.4 Å². The lowest BCUT2D eigenvalue weighted by molar-refractivity contribution is -0.138. The molecule has 0 spiro atoms. The van der Waals surface area contributed by atoms with Crippen molar-refractivity contribution >= 4 is 29.3 Å². The van der Waals surface area contributed by atoms with E-state index in [1.54, 1.807) is 29.2 Å². The van der Waals surface area contributed by atoms with Crippen LogP contribution in [0.1, 0.15) is 63.4 Å². The van der Waals surface area contributed by atoms with Gasteiger partial charge in [0.25, 0.3) is 5.91 Å². The van der Waals surface area contributed by atoms with Gasteiger partial charge in [0.05, 0.1) is 12.6 Å². The highest BCUT2D eigenvalue weighted by Gasteiger charge is 2.52. The molecule has 0 saturated carbocycles. The number of hydrogen-bond donors (Lipinski definition) is 2. The smallest absolute Gasteiger partial charge is 0.322 e. The van der Waals surface area contributed by atoms with Crippen LogP contribution in [0.4, 0.5) is 10.5 Å². The number of rotatable bonds is 6. The Hall–Kier alpha value is -3.68. The van der Waals surface area contributed by atoms with Crippen LogP contribution >= 0.6 is 0 Å². The maximum absolute atomic E-state index is 13.7. The summed E-state index contributed by atoms with van der Waals surface area (Å²) in [6.45, 7) is 10.6. The Labute approximate surface area is 224 Å². The molecule has 0 radical (unpaired) electrons. The van der Waals surface area contributed by atoms with Crippen molar-refractivity contribution in [3.05, 3.63) is 65.7 Å². The molecule has 202 valence electrons. The number of amides is 4. The molecule has 2 fully saturated rings. The fourth-order valence-electron chi connectivity index (χ4n) is 5.31. The van der Waals surface area contributed by atoms with E-state index in [0.29, 0.717) is 30.6 Å². The average Bonchev–Trinajstić information content (AvgIpc) is 3.44. The van der Waals surface area contributed by atoms with Crippen molar-refractivity contribution in [1.29, 1.82) is 0 Å². The molecule has 0 aromatic heterocycles. The number of benzene rings is 2. The second kappa shape index (κ2) is 11.0. The van der Waals surface area contributed by atoms with Crippen LogP contribution in [0.15, 0.2) is 54.6 Å². The van der Waals surface area contributed by atoms with Gasteiger partial charge in [0.15, 0.2) is 5.78 Å². The van der Waals surface area contributed by atoms with Crippen molar-refractivity contribution in [3.63, 3.8) is 0 Å². The number of likely N-dealkylation sites (tertiary alicyclic amines) is 2. The first-order valence-electron chi connectivity index (χ1n) is 13.3. The van der Waals surface area contributed by atoms with Crippen LogP contribution < -0.4 is 10.6 Å². The van der Waals surface area contributed by atoms with Crippen LogP contribution in [0.25, 0.3) is 0 Å². The van der Waals surface area contributed by atoms with Gasteiger partial charge in [-0.15, -0.1) is 0 Å². The predicted molar refractivity (Wildman–Crippen MR) is 147 cm³/mol. The zero-order valence-corrected chi connectivity index (χ0v) is 22.9. The standard InChI is InChI=1S/C30H38N4O4/c1-19(2)17-23(32-27(36)20-11-13-21(14-12-20)30(3,4)5)28(37)33-16-15-24-26(33)25(35)18-34(24)29(38)31-22-9-7-6-8-10-22/h6-14,19,23-24,26H,15-18H2,1-5H3,(H,31,38)(H,32,36)/t23-,24+,26?/m0/s1. The molecule has 4 amide bonds. The summed E-state index contributed by atoms with van der Waals surface area (Å²) in [5, 5.41) is 5.77. The summed E-state index contributed by atoms with van der Waals surface area (Å²) in [5.74, 6) is -0.596. The Morgan fingerprint density at radius 1 is 0.974 bits per heavy atom. The van der Waals surface area contributed by atoms with E-state index in [-0.39, 0.29) is 47.5 Å². The summed E-state index contributed by atoms with van der Waals surface area (Å²) in [7, 11) is 0. The van der Waals surface area contributed by atoms with Crippen LogP contribution in [0, 0.1) is 5.92 Å². The maximum atomic E-state index is 13.7. The lowest BCUT2D eigenvalue weighted by Crippen LogP contribution is -2.53. The monoisotopic (exact) mass is 518 g/mol. The maximum Gasteiger partial charge on any atom is 0.322 e. The van der Waals surface area contributed by atoms with Crippen molar-refractivity contribution in [3.8, 4) is 0 Å². The fraction of sp³-hybridized carbons (Fsp3) is 0.467. The molecule has 1 unspecified atom stereocenters. The molecule has 2 saturated heterocycles. The highest BCUT2D eigenvalue weighted by atomic mass is 16.2. The van der Waals surface area contributed by atoms with Crippen molar-refractivity contribution in [1.82, 2.24) is 15.1 Å². The number of ketones is 1. The van der Waals surface area contributed by atoms with E-state index < -0.39 is 12.1 Å². The lowest BCUT2D eigenvalue weighted by Gasteiger charge is -2.29. The van der Waals surface area contributed by atoms with Crippen LogP contribution in [-0.4, -0.2) is 64.6 Å². The predicted octanol–water partition coefficient (Wildman–Crippen LogP) is 4.21. The van der Waals surface area contributed by atoms with Gasteiger partial charge in [-0.05, 0) is 54.0 Å². The van der Waals surface area contributed by atoms with Gasteiger partial charge >= 0.3 is 6.03 Å². The molecule has 2 aromatic carbocycles. The topological polar surface area (TPSA) is 98.8 Å². The van der Waals surface area contributed by atoms with E-state index in [2.05, 4.69) is 31.4 Å². The molecule has 0 aliphatic carbocycles. The fourth-order valence-corrected chi connectivity index (χ4v) is 5.31. The summed E-state index contributed by atoms with van der Waals surface area (Å²) in [4.78, 5) is 55.9. The van der Waals surface area contributed by atoms with E-state index in [1.165, 1.54) is 4.90 Å². The van der Waals surface area contributed by atoms with Gasteiger partial charge in [-0.1, -0.05) is 65.0 Å². The number of carbonyl (C=O) groups excluding carboxylic acids is 4. The minimum atomic E-state index is -0.761. The third-order valence-electron chi connectivity index (χ3n) is 7.32. The molecule has 38 heavy (non-hydrogen) atoms. The number of carbonyl (C=O) groups is 4. The number of anilines is 1. The summed E-state index contributed by atoms with van der Waals surface area (Å²) < 4.78 is 0. The number of nitrogens with zero attached hydrogens (tertiary/aromatic N) is 2. The Kier molecular flexibility index (Phi) is 7.90. The number of nitrogens with one attached hydrogen (secondary N) is 2. The SMILES string of the molecule is CC(C)C[C@H](NC(=O)c1ccc(C(C)(C)C)cc1)C(=O)N1CC[C@@H]2C1C(=O)CN2C(=O)Nc1ccccc1. The van der Waals surface area contributed by atoms with Crippen LogP contribution in [0.5, 0.6) is 0 Å². The first-order chi connectivity index (χ1) is 18.0. The number of para-hydroxylation sites is 1. The van der Waals surface area contributed by atoms with Crippen LogP contribution in [0.2, 0.25) is 0 Å². The van der Waals surface area contributed by atoms with E-state index in [0.717, 1.165) is 5.56 Å². The Balaban J connectivity index is 1.47. The van der Waals surface area contributed by atoms with Gasteiger partial charge in [0.1, 0.15) is 12.1 Å². The molecule has 3 atom stereocenters. The molecule has 2 aliphatic heterocycles.